The lowest BCUT2D eigenvalue weighted by Crippen LogP contribution is -2.25. The van der Waals surface area contributed by atoms with Crippen molar-refractivity contribution in [1.82, 2.24) is 9.78 Å². The molecule has 2 rings (SSSR count). The van der Waals surface area contributed by atoms with Crippen LogP contribution in [0.15, 0.2) is 33.5 Å². The van der Waals surface area contributed by atoms with Crippen LogP contribution in [-0.4, -0.2) is 20.9 Å². The molecule has 0 aliphatic heterocycles. The highest BCUT2D eigenvalue weighted by molar-refractivity contribution is 5.66. The number of aryl methyl sites for hydroxylation is 1. The van der Waals surface area contributed by atoms with Gasteiger partial charge in [0.25, 0.3) is 5.56 Å². The van der Waals surface area contributed by atoms with Crippen molar-refractivity contribution in [3.8, 4) is 11.5 Å². The van der Waals surface area contributed by atoms with Crippen molar-refractivity contribution in [2.24, 2.45) is 0 Å². The smallest absolute Gasteiger partial charge is 0.325 e. The number of carboxylic acids is 1. The number of carboxylic acid groups (broad SMARTS) is 1. The molecular weight excluding hydrogens is 224 g/mol. The van der Waals surface area contributed by atoms with Crippen LogP contribution in [0.2, 0.25) is 0 Å². The van der Waals surface area contributed by atoms with Gasteiger partial charge in [-0.25, -0.2) is 4.68 Å². The van der Waals surface area contributed by atoms with Gasteiger partial charge in [-0.2, -0.15) is 5.10 Å². The lowest BCUT2D eigenvalue weighted by Gasteiger charge is -2.02. The molecule has 0 bridgehead atoms. The number of nitrogens with zero attached hydrogens (tertiary/aromatic N) is 2. The average molecular weight is 234 g/mol. The first kappa shape index (κ1) is 11.1. The minimum Gasteiger partial charge on any atom is -0.480 e. The van der Waals surface area contributed by atoms with Crippen LogP contribution in [0.4, 0.5) is 0 Å². The number of aliphatic carboxylic acids is 1. The maximum absolute atomic E-state index is 11.3. The summed E-state index contributed by atoms with van der Waals surface area (Å²) in [5, 5.41) is 12.6. The Morgan fingerprint density at radius 3 is 2.76 bits per heavy atom. The Morgan fingerprint density at radius 1 is 1.41 bits per heavy atom. The molecule has 0 unspecified atom stereocenters. The van der Waals surface area contributed by atoms with E-state index < -0.39 is 18.1 Å². The van der Waals surface area contributed by atoms with Crippen molar-refractivity contribution in [3.63, 3.8) is 0 Å². The monoisotopic (exact) mass is 234 g/mol. The van der Waals surface area contributed by atoms with Gasteiger partial charge in [0.2, 0.25) is 0 Å². The normalized spacial score (nSPS) is 10.4. The third-order valence-corrected chi connectivity index (χ3v) is 2.14. The van der Waals surface area contributed by atoms with Gasteiger partial charge in [-0.15, -0.1) is 0 Å². The van der Waals surface area contributed by atoms with Crippen LogP contribution >= 0.6 is 0 Å². The van der Waals surface area contributed by atoms with Gasteiger partial charge in [-0.05, 0) is 25.1 Å². The molecule has 17 heavy (non-hydrogen) atoms. The van der Waals surface area contributed by atoms with Crippen molar-refractivity contribution >= 4 is 5.97 Å². The predicted molar refractivity (Wildman–Crippen MR) is 58.6 cm³/mol. The van der Waals surface area contributed by atoms with E-state index in [1.807, 2.05) is 0 Å². The number of furan rings is 1. The molecule has 0 aliphatic rings. The molecule has 0 saturated carbocycles. The zero-order valence-corrected chi connectivity index (χ0v) is 9.08. The van der Waals surface area contributed by atoms with Crippen molar-refractivity contribution in [2.45, 2.75) is 13.5 Å². The van der Waals surface area contributed by atoms with Crippen LogP contribution in [0.5, 0.6) is 0 Å². The van der Waals surface area contributed by atoms with Gasteiger partial charge in [0.1, 0.15) is 18.0 Å². The maximum atomic E-state index is 11.3. The third kappa shape index (κ3) is 2.41. The Balaban J connectivity index is 2.43. The zero-order valence-electron chi connectivity index (χ0n) is 9.08. The predicted octanol–water partition coefficient (Wildman–Crippen LogP) is 0.896. The van der Waals surface area contributed by atoms with E-state index in [2.05, 4.69) is 5.10 Å². The molecule has 2 aromatic rings. The topological polar surface area (TPSA) is 85.3 Å². The Bertz CT molecular complexity index is 612. The van der Waals surface area contributed by atoms with Gasteiger partial charge >= 0.3 is 5.97 Å². The van der Waals surface area contributed by atoms with E-state index in [1.54, 1.807) is 19.1 Å². The van der Waals surface area contributed by atoms with Crippen molar-refractivity contribution in [3.05, 3.63) is 40.4 Å². The summed E-state index contributed by atoms with van der Waals surface area (Å²) >= 11 is 0. The standard InChI is InChI=1S/C11H10N2O4/c1-7-2-4-9(17-7)8-3-5-10(14)13(12-8)6-11(15)16/h2-5H,6H2,1H3,(H,15,16). The van der Waals surface area contributed by atoms with E-state index in [0.717, 1.165) is 10.4 Å². The summed E-state index contributed by atoms with van der Waals surface area (Å²) in [6.45, 7) is 1.32. The quantitative estimate of drug-likeness (QED) is 0.852. The van der Waals surface area contributed by atoms with Gasteiger partial charge in [0.05, 0.1) is 0 Å². The summed E-state index contributed by atoms with van der Waals surface area (Å²) < 4.78 is 6.23. The molecule has 0 saturated heterocycles. The molecule has 0 aromatic carbocycles. The lowest BCUT2D eigenvalue weighted by atomic mass is 10.3. The molecule has 0 amide bonds. The highest BCUT2D eigenvalue weighted by Crippen LogP contribution is 2.18. The number of carbonyl (C=O) groups is 1. The summed E-state index contributed by atoms with van der Waals surface area (Å²) in [6, 6.07) is 6.25. The van der Waals surface area contributed by atoms with E-state index in [1.165, 1.54) is 12.1 Å². The molecule has 88 valence electrons. The van der Waals surface area contributed by atoms with Gasteiger partial charge in [0.15, 0.2) is 5.76 Å². The Hall–Kier alpha value is -2.37. The van der Waals surface area contributed by atoms with Crippen LogP contribution in [-0.2, 0) is 11.3 Å². The molecule has 0 spiro atoms. The molecule has 1 N–H and O–H groups in total. The SMILES string of the molecule is Cc1ccc(-c2ccc(=O)n(CC(=O)O)n2)o1. The zero-order chi connectivity index (χ0) is 12.4. The van der Waals surface area contributed by atoms with E-state index in [9.17, 15) is 9.59 Å². The maximum Gasteiger partial charge on any atom is 0.325 e. The van der Waals surface area contributed by atoms with E-state index in [0.29, 0.717) is 11.5 Å². The molecule has 0 aliphatic carbocycles. The Morgan fingerprint density at radius 2 is 2.18 bits per heavy atom. The summed E-state index contributed by atoms with van der Waals surface area (Å²) in [5.41, 5.74) is -0.0293. The summed E-state index contributed by atoms with van der Waals surface area (Å²) in [6.07, 6.45) is 0. The molecular formula is C11H10N2O4. The van der Waals surface area contributed by atoms with E-state index in [4.69, 9.17) is 9.52 Å². The van der Waals surface area contributed by atoms with Crippen LogP contribution in [0.3, 0.4) is 0 Å². The molecule has 6 nitrogen and oxygen atoms in total. The minimum atomic E-state index is -1.12. The molecule has 0 radical (unpaired) electrons. The fourth-order valence-electron chi connectivity index (χ4n) is 1.39. The summed E-state index contributed by atoms with van der Waals surface area (Å²) in [4.78, 5) is 21.9. The number of rotatable bonds is 3. The van der Waals surface area contributed by atoms with Crippen molar-refractivity contribution < 1.29 is 14.3 Å². The second-order valence-electron chi connectivity index (χ2n) is 3.52. The summed E-state index contributed by atoms with van der Waals surface area (Å²) in [7, 11) is 0. The van der Waals surface area contributed by atoms with Gasteiger partial charge < -0.3 is 9.52 Å². The fourth-order valence-corrected chi connectivity index (χ4v) is 1.39. The van der Waals surface area contributed by atoms with Crippen LogP contribution in [0, 0.1) is 6.92 Å². The second kappa shape index (κ2) is 4.25. The van der Waals surface area contributed by atoms with Gasteiger partial charge in [0, 0.05) is 6.07 Å². The van der Waals surface area contributed by atoms with Gasteiger partial charge in [-0.3, -0.25) is 9.59 Å². The number of aromatic nitrogens is 2. The van der Waals surface area contributed by atoms with Crippen molar-refractivity contribution in [2.75, 3.05) is 0 Å². The first-order valence-corrected chi connectivity index (χ1v) is 4.93. The largest absolute Gasteiger partial charge is 0.480 e. The number of hydrogen-bond acceptors (Lipinski definition) is 4. The molecule has 6 heteroatoms. The highest BCUT2D eigenvalue weighted by Gasteiger charge is 2.08. The Kier molecular flexibility index (Phi) is 2.78. The van der Waals surface area contributed by atoms with Gasteiger partial charge in [-0.1, -0.05) is 0 Å². The second-order valence-corrected chi connectivity index (χ2v) is 3.52. The van der Waals surface area contributed by atoms with Crippen LogP contribution in [0.1, 0.15) is 5.76 Å². The number of hydrogen-bond donors (Lipinski definition) is 1. The first-order chi connectivity index (χ1) is 8.06. The molecule has 0 fully saturated rings. The molecule has 2 heterocycles. The molecule has 0 atom stereocenters. The fraction of sp³-hybridized carbons (Fsp3) is 0.182. The van der Waals surface area contributed by atoms with E-state index >= 15 is 0 Å². The minimum absolute atomic E-state index is 0.430. The van der Waals surface area contributed by atoms with E-state index in [-0.39, 0.29) is 0 Å². The highest BCUT2D eigenvalue weighted by atomic mass is 16.4. The average Bonchev–Trinajstić information content (AvgIpc) is 2.67. The first-order valence-electron chi connectivity index (χ1n) is 4.93. The van der Waals surface area contributed by atoms with Crippen LogP contribution in [0.25, 0.3) is 11.5 Å². The third-order valence-electron chi connectivity index (χ3n) is 2.14. The summed E-state index contributed by atoms with van der Waals surface area (Å²) in [5.74, 6) is 0.104. The van der Waals surface area contributed by atoms with Crippen molar-refractivity contribution in [1.29, 1.82) is 0 Å². The van der Waals surface area contributed by atoms with Crippen LogP contribution < -0.4 is 5.56 Å². The Labute approximate surface area is 96.1 Å². The lowest BCUT2D eigenvalue weighted by molar-refractivity contribution is -0.138. The molecule has 2 aromatic heterocycles.